The van der Waals surface area contributed by atoms with Crippen LogP contribution in [0.25, 0.3) is 0 Å². The third-order valence-electron chi connectivity index (χ3n) is 9.89. The molecule has 4 N–H and O–H groups in total. The van der Waals surface area contributed by atoms with E-state index in [4.69, 9.17) is 9.47 Å². The van der Waals surface area contributed by atoms with Gasteiger partial charge in [-0.1, -0.05) is 73.7 Å². The second-order valence-corrected chi connectivity index (χ2v) is 15.8. The van der Waals surface area contributed by atoms with E-state index in [1.54, 1.807) is 18.4 Å². The summed E-state index contributed by atoms with van der Waals surface area (Å²) in [5.41, 5.74) is -7.43. The number of ether oxygens (including phenoxy) is 2. The van der Waals surface area contributed by atoms with Crippen molar-refractivity contribution in [3.8, 4) is 11.5 Å². The van der Waals surface area contributed by atoms with Crippen LogP contribution in [0.15, 0.2) is 78.9 Å². The summed E-state index contributed by atoms with van der Waals surface area (Å²) < 4.78 is 38.9. The molecule has 0 spiro atoms. The Morgan fingerprint density at radius 3 is 1.71 bits per heavy atom. The molecule has 298 valence electrons. The van der Waals surface area contributed by atoms with Crippen LogP contribution in [0, 0.1) is 5.92 Å². The first-order valence-electron chi connectivity index (χ1n) is 17.9. The first-order chi connectivity index (χ1) is 26.0. The van der Waals surface area contributed by atoms with Gasteiger partial charge in [0.05, 0.1) is 0 Å². The zero-order valence-corrected chi connectivity index (χ0v) is 32.1. The van der Waals surface area contributed by atoms with Crippen LogP contribution in [-0.4, -0.2) is 137 Å². The van der Waals surface area contributed by atoms with Gasteiger partial charge in [0.25, 0.3) is 21.4 Å². The number of aliphatic hydroxyl groups is 2. The van der Waals surface area contributed by atoms with E-state index in [0.717, 1.165) is 68.1 Å². The summed E-state index contributed by atoms with van der Waals surface area (Å²) in [6, 6.07) is 19.5. The number of rotatable bonds is 15. The number of fused-ring (bicyclic) bond motifs is 1. The fraction of sp³-hybridized carbons (Fsp3) is 0.436. The fourth-order valence-corrected chi connectivity index (χ4v) is 7.75. The molecule has 2 aliphatic heterocycles. The molecule has 0 bridgehead atoms. The monoisotopic (exact) mass is 783 g/mol. The molecule has 55 heavy (non-hydrogen) atoms. The number of Topliss-reactive ketones (excluding diaryl/α,β-unsaturated/α-hetero) is 2. The number of carbonyl (C=O) groups is 4. The van der Waals surface area contributed by atoms with Gasteiger partial charge in [0.2, 0.25) is 11.6 Å². The molecule has 0 radical (unpaired) electrons. The maximum absolute atomic E-state index is 12.6. The molecule has 3 aromatic carbocycles. The molecule has 0 aliphatic carbocycles. The standard InChI is InChI=1S/C21H35N3O4S.C18H14O8/c1-5-23(16-18-8-10-24(11-9-18)29(25,26)22(3)4)17(2)14-19-6-7-20-21(15-19)28-13-12-27-20;19-13(11-7-3-1-4-8-11)17(25,15(21)22)18(26,16(23)24)14(20)12-9-5-2-6-10-12/h6-7,15,17-18H,5,8-14,16H2,1-4H3;1-10,25-26H,(H,21,22)(H,23,24). The topological polar surface area (TPSA) is 212 Å². The highest BCUT2D eigenvalue weighted by Crippen LogP contribution is 2.33. The molecule has 1 fully saturated rings. The summed E-state index contributed by atoms with van der Waals surface area (Å²) >= 11 is 0. The quantitative estimate of drug-likeness (QED) is 0.129. The molecule has 0 amide bonds. The van der Waals surface area contributed by atoms with Crippen molar-refractivity contribution in [3.05, 3.63) is 95.6 Å². The molecule has 2 aliphatic rings. The lowest BCUT2D eigenvalue weighted by Crippen LogP contribution is -2.71. The van der Waals surface area contributed by atoms with Gasteiger partial charge in [-0.2, -0.15) is 17.0 Å². The zero-order chi connectivity index (χ0) is 40.6. The second-order valence-electron chi connectivity index (χ2n) is 13.7. The Balaban J connectivity index is 0.000000246. The van der Waals surface area contributed by atoms with E-state index in [-0.39, 0.29) is 0 Å². The van der Waals surface area contributed by atoms with Crippen molar-refractivity contribution >= 4 is 33.7 Å². The van der Waals surface area contributed by atoms with E-state index in [2.05, 4.69) is 30.9 Å². The van der Waals surface area contributed by atoms with Crippen molar-refractivity contribution < 1.29 is 57.5 Å². The maximum Gasteiger partial charge on any atom is 0.348 e. The minimum absolute atomic E-state index is 0.391. The normalized spacial score (nSPS) is 17.6. The number of benzene rings is 3. The summed E-state index contributed by atoms with van der Waals surface area (Å²) in [7, 11) is -0.0971. The number of nitrogens with zero attached hydrogens (tertiary/aromatic N) is 3. The van der Waals surface area contributed by atoms with Crippen LogP contribution in [0.1, 0.15) is 53.0 Å². The van der Waals surface area contributed by atoms with Crippen LogP contribution in [0.5, 0.6) is 11.5 Å². The van der Waals surface area contributed by atoms with Gasteiger partial charge in [-0.15, -0.1) is 0 Å². The first-order valence-corrected chi connectivity index (χ1v) is 19.3. The summed E-state index contributed by atoms with van der Waals surface area (Å²) in [4.78, 5) is 51.0. The van der Waals surface area contributed by atoms with Gasteiger partial charge >= 0.3 is 11.9 Å². The van der Waals surface area contributed by atoms with Crippen LogP contribution >= 0.6 is 0 Å². The summed E-state index contributed by atoms with van der Waals surface area (Å²) in [6.07, 6.45) is 2.79. The average molecular weight is 784 g/mol. The SMILES string of the molecule is CCN(CC1CCN(S(=O)(=O)N(C)C)CC1)C(C)Cc1ccc2c(c1)OCCO2.O=C(O)C(O)(C(=O)c1ccccc1)C(O)(C(=O)O)C(=O)c1ccccc1. The molecule has 3 unspecified atom stereocenters. The minimum atomic E-state index is -3.95. The van der Waals surface area contributed by atoms with E-state index in [0.29, 0.717) is 38.3 Å². The molecular weight excluding hydrogens is 735 g/mol. The number of carboxylic acids is 2. The predicted octanol–water partition coefficient (Wildman–Crippen LogP) is 2.61. The van der Waals surface area contributed by atoms with E-state index in [9.17, 15) is 48.0 Å². The number of carboxylic acid groups (broad SMARTS) is 2. The van der Waals surface area contributed by atoms with Crippen LogP contribution in [0.2, 0.25) is 0 Å². The molecule has 15 nitrogen and oxygen atoms in total. The van der Waals surface area contributed by atoms with Crippen LogP contribution < -0.4 is 9.47 Å². The van der Waals surface area contributed by atoms with E-state index < -0.39 is 56.0 Å². The number of piperidine rings is 1. The highest BCUT2D eigenvalue weighted by Gasteiger charge is 2.69. The van der Waals surface area contributed by atoms with Crippen molar-refractivity contribution in [2.75, 3.05) is 53.5 Å². The third kappa shape index (κ3) is 9.40. The Hall–Kier alpha value is -4.71. The lowest BCUT2D eigenvalue weighted by molar-refractivity contribution is -0.187. The molecule has 16 heteroatoms. The first kappa shape index (κ1) is 43.0. The van der Waals surface area contributed by atoms with Gasteiger partial charge in [-0.3, -0.25) is 9.59 Å². The van der Waals surface area contributed by atoms with Crippen molar-refractivity contribution in [2.45, 2.75) is 50.4 Å². The molecule has 0 saturated carbocycles. The Labute approximate surface area is 320 Å². The van der Waals surface area contributed by atoms with Crippen molar-refractivity contribution in [1.29, 1.82) is 0 Å². The van der Waals surface area contributed by atoms with Gasteiger partial charge in [0.1, 0.15) is 13.2 Å². The third-order valence-corrected chi connectivity index (χ3v) is 11.8. The minimum Gasteiger partial charge on any atom is -0.486 e. The van der Waals surface area contributed by atoms with Gasteiger partial charge in [-0.25, -0.2) is 9.59 Å². The van der Waals surface area contributed by atoms with Crippen molar-refractivity contribution in [2.24, 2.45) is 5.92 Å². The number of ketones is 2. The van der Waals surface area contributed by atoms with E-state index in [1.807, 2.05) is 6.07 Å². The smallest absolute Gasteiger partial charge is 0.348 e. The zero-order valence-electron chi connectivity index (χ0n) is 31.3. The molecule has 5 rings (SSSR count). The Bertz CT molecular complexity index is 1850. The Kier molecular flexibility index (Phi) is 14.3. The predicted molar refractivity (Wildman–Crippen MR) is 201 cm³/mol. The van der Waals surface area contributed by atoms with Crippen molar-refractivity contribution in [3.63, 3.8) is 0 Å². The van der Waals surface area contributed by atoms with E-state index >= 15 is 0 Å². The molecule has 3 atom stereocenters. The van der Waals surface area contributed by atoms with E-state index in [1.165, 1.54) is 46.3 Å². The maximum atomic E-state index is 12.6. The molecule has 3 aromatic rings. The molecule has 2 heterocycles. The molecular formula is C39H49N3O12S. The van der Waals surface area contributed by atoms with Gasteiger partial charge in [-0.05, 0) is 56.3 Å². The number of likely N-dealkylation sites (N-methyl/N-ethyl adjacent to an activating group) is 1. The Morgan fingerprint density at radius 1 is 0.800 bits per heavy atom. The molecule has 0 aromatic heterocycles. The van der Waals surface area contributed by atoms with Crippen molar-refractivity contribution in [1.82, 2.24) is 13.5 Å². The average Bonchev–Trinajstić information content (AvgIpc) is 3.19. The van der Waals surface area contributed by atoms with Crippen LogP contribution in [-0.2, 0) is 26.2 Å². The number of aliphatic carboxylic acids is 2. The highest BCUT2D eigenvalue weighted by molar-refractivity contribution is 7.86. The lowest BCUT2D eigenvalue weighted by Gasteiger charge is -2.37. The van der Waals surface area contributed by atoms with Gasteiger partial charge < -0.3 is 34.8 Å². The van der Waals surface area contributed by atoms with Crippen LogP contribution in [0.4, 0.5) is 0 Å². The Morgan fingerprint density at radius 2 is 1.27 bits per heavy atom. The van der Waals surface area contributed by atoms with Gasteiger partial charge in [0, 0.05) is 50.9 Å². The number of hydrogen-bond donors (Lipinski definition) is 4. The highest BCUT2D eigenvalue weighted by atomic mass is 32.2. The van der Waals surface area contributed by atoms with Gasteiger partial charge in [0.15, 0.2) is 11.5 Å². The lowest BCUT2D eigenvalue weighted by atomic mass is 9.73. The number of hydrogen-bond acceptors (Lipinski definition) is 11. The summed E-state index contributed by atoms with van der Waals surface area (Å²) in [5.74, 6) is -5.81. The second kappa shape index (κ2) is 18.3. The molecule has 1 saturated heterocycles. The van der Waals surface area contributed by atoms with Crippen LogP contribution in [0.3, 0.4) is 0 Å². The number of carbonyl (C=O) groups excluding carboxylic acids is 2. The summed E-state index contributed by atoms with van der Waals surface area (Å²) in [5, 5.41) is 39.9. The largest absolute Gasteiger partial charge is 0.486 e. The summed E-state index contributed by atoms with van der Waals surface area (Å²) in [6.45, 7) is 8.91. The fourth-order valence-electron chi connectivity index (χ4n) is 6.62.